The average molecular weight is 167 g/mol. The topological polar surface area (TPSA) is 60.5 Å². The smallest absolute Gasteiger partial charge is 0.113 e. The molecule has 1 aromatic heterocycles. The Morgan fingerprint density at radius 1 is 1.31 bits per heavy atom. The van der Waals surface area contributed by atoms with Gasteiger partial charge in [-0.15, -0.1) is 0 Å². The fourth-order valence-electron chi connectivity index (χ4n) is 0.708. The van der Waals surface area contributed by atoms with E-state index in [0.29, 0.717) is 11.3 Å². The van der Waals surface area contributed by atoms with Crippen molar-refractivity contribution in [1.82, 2.24) is 4.98 Å². The molecule has 0 aliphatic rings. The van der Waals surface area contributed by atoms with Crippen LogP contribution < -0.4 is 0 Å². The van der Waals surface area contributed by atoms with Gasteiger partial charge < -0.3 is 0 Å². The lowest BCUT2D eigenvalue weighted by atomic mass is 10.2. The first-order valence-electron chi connectivity index (χ1n) is 3.59. The molecule has 0 saturated carbocycles. The minimum absolute atomic E-state index is 0.196. The molecular formula is C10H5N3. The van der Waals surface area contributed by atoms with Crippen molar-refractivity contribution in [1.29, 1.82) is 10.5 Å². The summed E-state index contributed by atoms with van der Waals surface area (Å²) in [5.41, 5.74) is 1.08. The molecule has 0 spiro atoms. The van der Waals surface area contributed by atoms with Gasteiger partial charge in [0, 0.05) is 6.20 Å². The van der Waals surface area contributed by atoms with E-state index < -0.39 is 0 Å². The van der Waals surface area contributed by atoms with E-state index in [1.165, 1.54) is 6.20 Å². The van der Waals surface area contributed by atoms with Crippen molar-refractivity contribution >= 4 is 0 Å². The lowest BCUT2D eigenvalue weighted by Crippen LogP contribution is -1.82. The summed E-state index contributed by atoms with van der Waals surface area (Å²) in [7, 11) is 0. The van der Waals surface area contributed by atoms with Gasteiger partial charge in [0.1, 0.15) is 11.8 Å². The largest absolute Gasteiger partial charge is 0.246 e. The van der Waals surface area contributed by atoms with E-state index in [0.717, 1.165) is 0 Å². The molecule has 1 heterocycles. The van der Waals surface area contributed by atoms with Crippen molar-refractivity contribution < 1.29 is 0 Å². The summed E-state index contributed by atoms with van der Waals surface area (Å²) >= 11 is 0. The van der Waals surface area contributed by atoms with E-state index in [1.54, 1.807) is 12.1 Å². The van der Waals surface area contributed by atoms with Crippen molar-refractivity contribution in [2.75, 3.05) is 0 Å². The predicted molar refractivity (Wildman–Crippen MR) is 46.1 cm³/mol. The Morgan fingerprint density at radius 3 is 2.69 bits per heavy atom. The monoisotopic (exact) mass is 167 g/mol. The maximum atomic E-state index is 8.47. The van der Waals surface area contributed by atoms with Crippen molar-refractivity contribution in [3.05, 3.63) is 29.6 Å². The fourth-order valence-corrected chi connectivity index (χ4v) is 0.708. The standard InChI is InChI=1S/C10H5N3/c11-6-2-1-3-10-5-4-9(7-12)8-13-10/h4-5,8H,2H2. The van der Waals surface area contributed by atoms with Gasteiger partial charge in [0.2, 0.25) is 0 Å². The fraction of sp³-hybridized carbons (Fsp3) is 0.100. The molecule has 0 radical (unpaired) electrons. The molecule has 0 saturated heterocycles. The highest BCUT2D eigenvalue weighted by Crippen LogP contribution is 1.96. The molecule has 0 bridgehead atoms. The Morgan fingerprint density at radius 2 is 2.15 bits per heavy atom. The Hall–Kier alpha value is -2.31. The van der Waals surface area contributed by atoms with Crippen molar-refractivity contribution in [2.24, 2.45) is 0 Å². The summed E-state index contributed by atoms with van der Waals surface area (Å²) in [5.74, 6) is 5.34. The van der Waals surface area contributed by atoms with Crippen molar-refractivity contribution in [3.63, 3.8) is 0 Å². The highest BCUT2D eigenvalue weighted by atomic mass is 14.7. The molecule has 3 heteroatoms. The number of nitrogens with zero attached hydrogens (tertiary/aromatic N) is 3. The zero-order valence-corrected chi connectivity index (χ0v) is 6.78. The quantitative estimate of drug-likeness (QED) is 0.546. The molecule has 13 heavy (non-hydrogen) atoms. The van der Waals surface area contributed by atoms with E-state index >= 15 is 0 Å². The molecule has 0 aliphatic carbocycles. The maximum absolute atomic E-state index is 8.47. The summed E-state index contributed by atoms with van der Waals surface area (Å²) in [5, 5.41) is 16.7. The van der Waals surface area contributed by atoms with Crippen molar-refractivity contribution in [3.8, 4) is 24.0 Å². The third-order valence-corrected chi connectivity index (χ3v) is 1.28. The molecule has 0 fully saturated rings. The zero-order valence-electron chi connectivity index (χ0n) is 6.78. The predicted octanol–water partition coefficient (Wildman–Crippen LogP) is 1.22. The molecule has 0 aromatic carbocycles. The van der Waals surface area contributed by atoms with E-state index in [2.05, 4.69) is 16.8 Å². The molecule has 3 nitrogen and oxygen atoms in total. The van der Waals surface area contributed by atoms with Crippen LogP contribution in [0.3, 0.4) is 0 Å². The van der Waals surface area contributed by atoms with E-state index in [-0.39, 0.29) is 6.42 Å². The number of hydrogen-bond acceptors (Lipinski definition) is 3. The maximum Gasteiger partial charge on any atom is 0.113 e. The molecule has 0 N–H and O–H groups in total. The summed E-state index contributed by atoms with van der Waals surface area (Å²) in [6, 6.07) is 7.16. The van der Waals surface area contributed by atoms with Crippen molar-refractivity contribution in [2.45, 2.75) is 6.42 Å². The van der Waals surface area contributed by atoms with Gasteiger partial charge >= 0.3 is 0 Å². The average Bonchev–Trinajstić information content (AvgIpc) is 2.19. The lowest BCUT2D eigenvalue weighted by Gasteiger charge is -1.87. The van der Waals surface area contributed by atoms with Crippen LogP contribution in [0.25, 0.3) is 0 Å². The number of nitriles is 2. The third kappa shape index (κ3) is 2.66. The molecule has 0 aliphatic heterocycles. The van der Waals surface area contributed by atoms with Crippen LogP contribution in [0.2, 0.25) is 0 Å². The molecular weight excluding hydrogens is 162 g/mol. The first-order chi connectivity index (χ1) is 6.36. The summed E-state index contributed by atoms with van der Waals surface area (Å²) < 4.78 is 0. The molecule has 60 valence electrons. The molecule has 1 aromatic rings. The highest BCUT2D eigenvalue weighted by Gasteiger charge is 1.89. The van der Waals surface area contributed by atoms with Gasteiger partial charge in [-0.3, -0.25) is 0 Å². The van der Waals surface area contributed by atoms with E-state index in [4.69, 9.17) is 10.5 Å². The Kier molecular flexibility index (Phi) is 3.07. The number of pyridine rings is 1. The van der Waals surface area contributed by atoms with Gasteiger partial charge in [-0.25, -0.2) is 4.98 Å². The first kappa shape index (κ1) is 8.78. The minimum atomic E-state index is 0.196. The van der Waals surface area contributed by atoms with Crippen LogP contribution >= 0.6 is 0 Å². The summed E-state index contributed by atoms with van der Waals surface area (Å²) in [4.78, 5) is 3.92. The summed E-state index contributed by atoms with van der Waals surface area (Å²) in [6.07, 6.45) is 1.65. The first-order valence-corrected chi connectivity index (χ1v) is 3.59. The molecule has 0 amide bonds. The second-order valence-electron chi connectivity index (χ2n) is 2.18. The molecule has 0 atom stereocenters. The number of hydrogen-bond donors (Lipinski definition) is 0. The highest BCUT2D eigenvalue weighted by molar-refractivity contribution is 5.33. The van der Waals surface area contributed by atoms with Gasteiger partial charge in [0.15, 0.2) is 0 Å². The van der Waals surface area contributed by atoms with Gasteiger partial charge in [0.05, 0.1) is 18.1 Å². The summed E-state index contributed by atoms with van der Waals surface area (Å²) in [6.45, 7) is 0. The van der Waals surface area contributed by atoms with Crippen LogP contribution in [0.1, 0.15) is 17.7 Å². The Balaban J connectivity index is 2.80. The molecule has 1 rings (SSSR count). The second kappa shape index (κ2) is 4.54. The SMILES string of the molecule is N#CCC#Cc1ccc(C#N)cn1. The third-order valence-electron chi connectivity index (χ3n) is 1.28. The van der Waals surface area contributed by atoms with Crippen LogP contribution in [-0.2, 0) is 0 Å². The van der Waals surface area contributed by atoms with Gasteiger partial charge in [-0.2, -0.15) is 10.5 Å². The normalized spacial score (nSPS) is 7.54. The zero-order chi connectivity index (χ0) is 9.52. The second-order valence-corrected chi connectivity index (χ2v) is 2.18. The van der Waals surface area contributed by atoms with Crippen LogP contribution in [-0.4, -0.2) is 4.98 Å². The van der Waals surface area contributed by atoms with E-state index in [1.807, 2.05) is 12.1 Å². The van der Waals surface area contributed by atoms with E-state index in [9.17, 15) is 0 Å². The Labute approximate surface area is 76.3 Å². The van der Waals surface area contributed by atoms with Gasteiger partial charge in [0.25, 0.3) is 0 Å². The van der Waals surface area contributed by atoms with Gasteiger partial charge in [-0.05, 0) is 18.1 Å². The number of rotatable bonds is 0. The number of aromatic nitrogens is 1. The molecule has 0 unspecified atom stereocenters. The van der Waals surface area contributed by atoms with Crippen LogP contribution in [0.5, 0.6) is 0 Å². The van der Waals surface area contributed by atoms with Crippen LogP contribution in [0.15, 0.2) is 18.3 Å². The Bertz CT molecular complexity index is 420. The van der Waals surface area contributed by atoms with Crippen LogP contribution in [0.4, 0.5) is 0 Å². The van der Waals surface area contributed by atoms with Crippen LogP contribution in [0, 0.1) is 34.5 Å². The van der Waals surface area contributed by atoms with Gasteiger partial charge in [-0.1, -0.05) is 5.92 Å². The lowest BCUT2D eigenvalue weighted by molar-refractivity contribution is 1.26. The minimum Gasteiger partial charge on any atom is -0.246 e.